The molecule has 1 heterocycles. The van der Waals surface area contributed by atoms with Gasteiger partial charge in [0.25, 0.3) is 5.91 Å². The van der Waals surface area contributed by atoms with Crippen LogP contribution in [0.15, 0.2) is 58.2 Å². The fraction of sp³-hybridized carbons (Fsp3) is 0.111. The topological polar surface area (TPSA) is 57.2 Å². The largest absolute Gasteiger partial charge is 0.360 e. The number of H-pyrrole nitrogens is 1. The zero-order valence-electron chi connectivity index (χ0n) is 12.6. The van der Waals surface area contributed by atoms with Gasteiger partial charge in [0.1, 0.15) is 0 Å². The van der Waals surface area contributed by atoms with E-state index in [9.17, 15) is 4.79 Å². The molecule has 1 amide bonds. The van der Waals surface area contributed by atoms with Crippen molar-refractivity contribution in [2.45, 2.75) is 13.3 Å². The number of fused-ring (bicyclic) bond motifs is 1. The van der Waals surface area contributed by atoms with Gasteiger partial charge in [0.15, 0.2) is 0 Å². The van der Waals surface area contributed by atoms with Gasteiger partial charge in [-0.05, 0) is 40.0 Å². The average Bonchev–Trinajstić information content (AvgIpc) is 2.98. The summed E-state index contributed by atoms with van der Waals surface area (Å²) in [5.41, 5.74) is 6.44. The number of aromatic amines is 1. The molecule has 0 aliphatic carbocycles. The summed E-state index contributed by atoms with van der Waals surface area (Å²) in [6, 6.07) is 13.4. The lowest BCUT2D eigenvalue weighted by molar-refractivity contribution is 0.0954. The Hall–Kier alpha value is -2.40. The molecule has 5 heteroatoms. The minimum atomic E-state index is -0.247. The number of aryl methyl sites for hydroxylation is 1. The van der Waals surface area contributed by atoms with E-state index < -0.39 is 0 Å². The average molecular weight is 370 g/mol. The van der Waals surface area contributed by atoms with Gasteiger partial charge in [0.2, 0.25) is 0 Å². The van der Waals surface area contributed by atoms with Crippen molar-refractivity contribution < 1.29 is 4.79 Å². The predicted octanol–water partition coefficient (Wildman–Crippen LogP) is 4.26. The molecule has 116 valence electrons. The molecule has 2 aromatic carbocycles. The number of nitrogens with one attached hydrogen (secondary N) is 2. The molecule has 0 atom stereocenters. The molecule has 0 radical (unpaired) electrons. The Labute approximate surface area is 142 Å². The van der Waals surface area contributed by atoms with E-state index in [1.807, 2.05) is 36.5 Å². The summed E-state index contributed by atoms with van der Waals surface area (Å²) >= 11 is 3.36. The second kappa shape index (κ2) is 6.79. The number of benzene rings is 2. The zero-order chi connectivity index (χ0) is 16.2. The third kappa shape index (κ3) is 3.19. The highest BCUT2D eigenvalue weighted by Crippen LogP contribution is 2.21. The van der Waals surface area contributed by atoms with E-state index in [1.165, 1.54) is 5.56 Å². The Bertz CT molecular complexity index is 883. The normalized spacial score (nSPS) is 11.2. The summed E-state index contributed by atoms with van der Waals surface area (Å²) in [7, 11) is 0. The molecule has 3 rings (SSSR count). The second-order valence-electron chi connectivity index (χ2n) is 5.12. The van der Waals surface area contributed by atoms with Gasteiger partial charge in [-0.2, -0.15) is 5.10 Å². The van der Waals surface area contributed by atoms with Gasteiger partial charge in [-0.1, -0.05) is 37.3 Å². The molecular weight excluding hydrogens is 354 g/mol. The molecule has 1 aromatic heterocycles. The molecule has 0 saturated heterocycles. The second-order valence-corrected chi connectivity index (χ2v) is 5.97. The molecule has 3 aromatic rings. The molecular formula is C18H16BrN3O. The standard InChI is InChI=1S/C18H16BrN3O/c1-2-12-6-5-8-14-13(10-20-17(12)14)11-21-22-18(23)15-7-3-4-9-16(15)19/h3-11,20H,2H2,1H3,(H,22,23)/b21-11+. The van der Waals surface area contributed by atoms with Crippen LogP contribution in [0.1, 0.15) is 28.4 Å². The molecule has 0 saturated carbocycles. The molecule has 0 fully saturated rings. The Kier molecular flexibility index (Phi) is 4.57. The van der Waals surface area contributed by atoms with E-state index >= 15 is 0 Å². The first-order valence-electron chi connectivity index (χ1n) is 7.37. The van der Waals surface area contributed by atoms with Crippen LogP contribution in [0.5, 0.6) is 0 Å². The Balaban J connectivity index is 1.79. The maximum Gasteiger partial charge on any atom is 0.272 e. The molecule has 0 bridgehead atoms. The predicted molar refractivity (Wildman–Crippen MR) is 96.9 cm³/mol. The minimum Gasteiger partial charge on any atom is -0.360 e. The van der Waals surface area contributed by atoms with Crippen LogP contribution in [0.4, 0.5) is 0 Å². The number of rotatable bonds is 4. The van der Waals surface area contributed by atoms with Gasteiger partial charge in [-0.15, -0.1) is 0 Å². The first kappa shape index (κ1) is 15.5. The number of nitrogens with zero attached hydrogens (tertiary/aromatic N) is 1. The van der Waals surface area contributed by atoms with Crippen LogP contribution in [-0.2, 0) is 6.42 Å². The fourth-order valence-electron chi connectivity index (χ4n) is 2.51. The van der Waals surface area contributed by atoms with E-state index in [2.05, 4.69) is 44.4 Å². The number of hydrogen-bond acceptors (Lipinski definition) is 2. The molecule has 2 N–H and O–H groups in total. The number of carbonyl (C=O) groups is 1. The molecule has 4 nitrogen and oxygen atoms in total. The number of para-hydroxylation sites is 1. The smallest absolute Gasteiger partial charge is 0.272 e. The SMILES string of the molecule is CCc1cccc2c(/C=N/NC(=O)c3ccccc3Br)c[nH]c12. The summed E-state index contributed by atoms with van der Waals surface area (Å²) in [6.45, 7) is 2.13. The van der Waals surface area contributed by atoms with E-state index in [0.717, 1.165) is 27.4 Å². The number of hydrazone groups is 1. The maximum atomic E-state index is 12.1. The molecule has 0 aliphatic heterocycles. The van der Waals surface area contributed by atoms with E-state index in [0.29, 0.717) is 5.56 Å². The molecule has 0 spiro atoms. The summed E-state index contributed by atoms with van der Waals surface area (Å²) in [4.78, 5) is 15.4. The number of aromatic nitrogens is 1. The number of hydrogen-bond donors (Lipinski definition) is 2. The summed E-state index contributed by atoms with van der Waals surface area (Å²) in [6.07, 6.45) is 4.53. The van der Waals surface area contributed by atoms with Crippen molar-refractivity contribution in [1.29, 1.82) is 0 Å². The number of carbonyl (C=O) groups excluding carboxylic acids is 1. The first-order valence-corrected chi connectivity index (χ1v) is 8.17. The third-order valence-corrected chi connectivity index (χ3v) is 4.39. The highest BCUT2D eigenvalue weighted by atomic mass is 79.9. The summed E-state index contributed by atoms with van der Waals surface area (Å²) in [5, 5.41) is 5.17. The highest BCUT2D eigenvalue weighted by Gasteiger charge is 2.08. The van der Waals surface area contributed by atoms with Crippen molar-refractivity contribution in [2.75, 3.05) is 0 Å². The lowest BCUT2D eigenvalue weighted by atomic mass is 10.1. The van der Waals surface area contributed by atoms with Gasteiger partial charge in [-0.3, -0.25) is 4.79 Å². The maximum absolute atomic E-state index is 12.1. The first-order chi connectivity index (χ1) is 11.2. The Morgan fingerprint density at radius 1 is 1.26 bits per heavy atom. The Morgan fingerprint density at radius 3 is 2.87 bits per heavy atom. The third-order valence-electron chi connectivity index (χ3n) is 3.70. The summed E-state index contributed by atoms with van der Waals surface area (Å²) in [5.74, 6) is -0.247. The van der Waals surface area contributed by atoms with Crippen LogP contribution in [0, 0.1) is 0 Å². The van der Waals surface area contributed by atoms with Crippen molar-refractivity contribution in [1.82, 2.24) is 10.4 Å². The minimum absolute atomic E-state index is 0.247. The van der Waals surface area contributed by atoms with E-state index in [-0.39, 0.29) is 5.91 Å². The Morgan fingerprint density at radius 2 is 2.09 bits per heavy atom. The van der Waals surface area contributed by atoms with Gasteiger partial charge in [0.05, 0.1) is 11.8 Å². The van der Waals surface area contributed by atoms with Crippen molar-refractivity contribution in [3.05, 3.63) is 69.8 Å². The van der Waals surface area contributed by atoms with Crippen LogP contribution in [0.3, 0.4) is 0 Å². The fourth-order valence-corrected chi connectivity index (χ4v) is 2.97. The van der Waals surface area contributed by atoms with Crippen LogP contribution in [0.25, 0.3) is 10.9 Å². The highest BCUT2D eigenvalue weighted by molar-refractivity contribution is 9.10. The monoisotopic (exact) mass is 369 g/mol. The van der Waals surface area contributed by atoms with Gasteiger partial charge in [0, 0.05) is 27.1 Å². The summed E-state index contributed by atoms with van der Waals surface area (Å²) < 4.78 is 0.743. The molecule has 0 aliphatic rings. The van der Waals surface area contributed by atoms with Crippen LogP contribution in [0.2, 0.25) is 0 Å². The van der Waals surface area contributed by atoms with E-state index in [4.69, 9.17) is 0 Å². The van der Waals surface area contributed by atoms with Gasteiger partial charge >= 0.3 is 0 Å². The lowest BCUT2D eigenvalue weighted by Crippen LogP contribution is -2.17. The van der Waals surface area contributed by atoms with Crippen LogP contribution < -0.4 is 5.43 Å². The van der Waals surface area contributed by atoms with Crippen LogP contribution in [-0.4, -0.2) is 17.1 Å². The molecule has 23 heavy (non-hydrogen) atoms. The van der Waals surface area contributed by atoms with Gasteiger partial charge < -0.3 is 4.98 Å². The lowest BCUT2D eigenvalue weighted by Gasteiger charge is -2.02. The van der Waals surface area contributed by atoms with Crippen molar-refractivity contribution >= 4 is 39.0 Å². The quantitative estimate of drug-likeness (QED) is 0.523. The van der Waals surface area contributed by atoms with E-state index in [1.54, 1.807) is 12.3 Å². The van der Waals surface area contributed by atoms with Crippen molar-refractivity contribution in [2.24, 2.45) is 5.10 Å². The van der Waals surface area contributed by atoms with Crippen LogP contribution >= 0.6 is 15.9 Å². The zero-order valence-corrected chi connectivity index (χ0v) is 14.2. The van der Waals surface area contributed by atoms with Crippen molar-refractivity contribution in [3.63, 3.8) is 0 Å². The van der Waals surface area contributed by atoms with Gasteiger partial charge in [-0.25, -0.2) is 5.43 Å². The number of amides is 1. The van der Waals surface area contributed by atoms with Crippen molar-refractivity contribution in [3.8, 4) is 0 Å². The molecule has 0 unspecified atom stereocenters. The number of halogens is 1.